The molecule has 0 unspecified atom stereocenters. The first-order valence-electron chi connectivity index (χ1n) is 12.6. The minimum atomic E-state index is -0.480. The lowest BCUT2D eigenvalue weighted by Gasteiger charge is -2.23. The molecule has 1 saturated heterocycles. The highest BCUT2D eigenvalue weighted by Crippen LogP contribution is 2.27. The molecule has 3 aromatic rings. The van der Waals surface area contributed by atoms with Crippen molar-refractivity contribution in [3.63, 3.8) is 0 Å². The highest BCUT2D eigenvalue weighted by Gasteiger charge is 2.34. The standard InChI is InChI=1S/C28H30N4O3S/c33-25(17-19-7-2-1-3-8-19)32-16-6-11-24(32)27(35)31-28-30-23(18-36-28)20-12-14-21(15-13-20)26(34)29-22-9-4-5-10-22/h1-3,7-8,12-15,18,22,24H,4-6,9-11,16-17H2,(H,29,34)(H,30,31,35)/t24-/m1/s1. The number of hydrogen-bond donors (Lipinski definition) is 2. The van der Waals surface area contributed by atoms with Crippen LogP contribution in [0.1, 0.15) is 54.4 Å². The fourth-order valence-electron chi connectivity index (χ4n) is 4.99. The number of benzene rings is 2. The Morgan fingerprint density at radius 2 is 1.69 bits per heavy atom. The first-order chi connectivity index (χ1) is 17.6. The summed E-state index contributed by atoms with van der Waals surface area (Å²) in [6, 6.07) is 16.8. The van der Waals surface area contributed by atoms with Gasteiger partial charge in [0.15, 0.2) is 5.13 Å². The zero-order chi connectivity index (χ0) is 24.9. The molecule has 8 heteroatoms. The van der Waals surface area contributed by atoms with Crippen LogP contribution in [-0.4, -0.2) is 46.2 Å². The number of rotatable bonds is 7. The quantitative estimate of drug-likeness (QED) is 0.492. The second-order valence-corrected chi connectivity index (χ2v) is 10.3. The summed E-state index contributed by atoms with van der Waals surface area (Å²) in [5.41, 5.74) is 3.20. The number of amides is 3. The Hall–Kier alpha value is -3.52. The fourth-order valence-corrected chi connectivity index (χ4v) is 5.72. The van der Waals surface area contributed by atoms with Crippen LogP contribution in [0, 0.1) is 0 Å². The van der Waals surface area contributed by atoms with Crippen LogP contribution in [0.5, 0.6) is 0 Å². The van der Waals surface area contributed by atoms with E-state index in [1.165, 1.54) is 24.2 Å². The van der Waals surface area contributed by atoms with Gasteiger partial charge in [-0.25, -0.2) is 4.98 Å². The number of anilines is 1. The average molecular weight is 503 g/mol. The molecule has 1 atom stereocenters. The number of carbonyl (C=O) groups is 3. The normalized spacial score (nSPS) is 17.8. The number of thiazole rings is 1. The van der Waals surface area contributed by atoms with Gasteiger partial charge in [-0.2, -0.15) is 0 Å². The maximum Gasteiger partial charge on any atom is 0.251 e. The van der Waals surface area contributed by atoms with E-state index in [1.807, 2.05) is 60.0 Å². The van der Waals surface area contributed by atoms with Crippen molar-refractivity contribution in [1.82, 2.24) is 15.2 Å². The minimum absolute atomic E-state index is 0.0317. The van der Waals surface area contributed by atoms with Crippen molar-refractivity contribution in [3.8, 4) is 11.3 Å². The maximum absolute atomic E-state index is 13.0. The smallest absolute Gasteiger partial charge is 0.251 e. The third-order valence-corrected chi connectivity index (χ3v) is 7.70. The van der Waals surface area contributed by atoms with Crippen molar-refractivity contribution in [2.24, 2.45) is 0 Å². The molecule has 2 aliphatic rings. The number of likely N-dealkylation sites (tertiary alicyclic amines) is 1. The zero-order valence-electron chi connectivity index (χ0n) is 20.1. The van der Waals surface area contributed by atoms with E-state index in [1.54, 1.807) is 4.90 Å². The molecular weight excluding hydrogens is 472 g/mol. The summed E-state index contributed by atoms with van der Waals surface area (Å²) in [5.74, 6) is -0.271. The van der Waals surface area contributed by atoms with E-state index in [2.05, 4.69) is 15.6 Å². The van der Waals surface area contributed by atoms with Gasteiger partial charge in [0, 0.05) is 29.1 Å². The van der Waals surface area contributed by atoms with Crippen LogP contribution < -0.4 is 10.6 Å². The third kappa shape index (κ3) is 5.65. The van der Waals surface area contributed by atoms with Gasteiger partial charge < -0.3 is 15.5 Å². The SMILES string of the molecule is O=C(NC1CCCC1)c1ccc(-c2csc(NC(=O)[C@H]3CCCN3C(=O)Cc3ccccc3)n2)cc1. The molecule has 3 amide bonds. The van der Waals surface area contributed by atoms with Crippen LogP contribution in [0.4, 0.5) is 5.13 Å². The summed E-state index contributed by atoms with van der Waals surface area (Å²) >= 11 is 1.35. The lowest BCUT2D eigenvalue weighted by molar-refractivity contribution is -0.136. The molecule has 1 aliphatic heterocycles. The molecule has 2 N–H and O–H groups in total. The predicted molar refractivity (Wildman–Crippen MR) is 141 cm³/mol. The van der Waals surface area contributed by atoms with Crippen LogP contribution >= 0.6 is 11.3 Å². The van der Waals surface area contributed by atoms with Gasteiger partial charge in [0.25, 0.3) is 5.91 Å². The van der Waals surface area contributed by atoms with Gasteiger partial charge in [-0.3, -0.25) is 14.4 Å². The molecule has 0 radical (unpaired) electrons. The molecule has 7 nitrogen and oxygen atoms in total. The Kier molecular flexibility index (Phi) is 7.41. The molecule has 0 spiro atoms. The van der Waals surface area contributed by atoms with Crippen LogP contribution in [0.2, 0.25) is 0 Å². The van der Waals surface area contributed by atoms with Crippen molar-refractivity contribution in [2.45, 2.75) is 57.0 Å². The molecule has 2 aromatic carbocycles. The number of carbonyl (C=O) groups excluding carboxylic acids is 3. The Balaban J connectivity index is 1.18. The van der Waals surface area contributed by atoms with E-state index in [9.17, 15) is 14.4 Å². The highest BCUT2D eigenvalue weighted by atomic mass is 32.1. The van der Waals surface area contributed by atoms with Crippen molar-refractivity contribution >= 4 is 34.2 Å². The molecule has 186 valence electrons. The van der Waals surface area contributed by atoms with Crippen molar-refractivity contribution in [1.29, 1.82) is 0 Å². The van der Waals surface area contributed by atoms with Crippen LogP contribution in [0.25, 0.3) is 11.3 Å². The van der Waals surface area contributed by atoms with Gasteiger partial charge in [0.2, 0.25) is 11.8 Å². The summed E-state index contributed by atoms with van der Waals surface area (Å²) in [6.45, 7) is 0.591. The van der Waals surface area contributed by atoms with Crippen LogP contribution in [-0.2, 0) is 16.0 Å². The van der Waals surface area contributed by atoms with Gasteiger partial charge in [-0.1, -0.05) is 55.3 Å². The van der Waals surface area contributed by atoms with E-state index in [-0.39, 0.29) is 23.8 Å². The van der Waals surface area contributed by atoms with Crippen LogP contribution in [0.3, 0.4) is 0 Å². The second-order valence-electron chi connectivity index (χ2n) is 9.47. The molecule has 0 bridgehead atoms. The number of nitrogens with zero attached hydrogens (tertiary/aromatic N) is 2. The van der Waals surface area contributed by atoms with Crippen molar-refractivity contribution in [3.05, 3.63) is 71.1 Å². The van der Waals surface area contributed by atoms with E-state index < -0.39 is 6.04 Å². The molecule has 5 rings (SSSR count). The van der Waals surface area contributed by atoms with Gasteiger partial charge in [-0.15, -0.1) is 11.3 Å². The minimum Gasteiger partial charge on any atom is -0.349 e. The van der Waals surface area contributed by atoms with Crippen molar-refractivity contribution < 1.29 is 14.4 Å². The van der Waals surface area contributed by atoms with Gasteiger partial charge in [-0.05, 0) is 43.4 Å². The number of hydrogen-bond acceptors (Lipinski definition) is 5. The highest BCUT2D eigenvalue weighted by molar-refractivity contribution is 7.14. The summed E-state index contributed by atoms with van der Waals surface area (Å²) < 4.78 is 0. The topological polar surface area (TPSA) is 91.4 Å². The van der Waals surface area contributed by atoms with E-state index in [0.717, 1.165) is 36.1 Å². The third-order valence-electron chi connectivity index (χ3n) is 6.94. The Bertz CT molecular complexity index is 1220. The summed E-state index contributed by atoms with van der Waals surface area (Å²) in [6.07, 6.45) is 6.21. The Morgan fingerprint density at radius 3 is 2.44 bits per heavy atom. The second kappa shape index (κ2) is 11.0. The summed E-state index contributed by atoms with van der Waals surface area (Å²) in [5, 5.41) is 8.39. The van der Waals surface area contributed by atoms with Crippen molar-refractivity contribution in [2.75, 3.05) is 11.9 Å². The molecule has 1 saturated carbocycles. The van der Waals surface area contributed by atoms with Gasteiger partial charge in [0.05, 0.1) is 12.1 Å². The van der Waals surface area contributed by atoms with E-state index in [0.29, 0.717) is 30.1 Å². The molecule has 2 heterocycles. The number of aromatic nitrogens is 1. The zero-order valence-corrected chi connectivity index (χ0v) is 20.9. The molecule has 36 heavy (non-hydrogen) atoms. The molecule has 1 aliphatic carbocycles. The Labute approximate surface area is 214 Å². The predicted octanol–water partition coefficient (Wildman–Crippen LogP) is 4.65. The lowest BCUT2D eigenvalue weighted by Crippen LogP contribution is -2.43. The summed E-state index contributed by atoms with van der Waals surface area (Å²) in [4.78, 5) is 44.6. The number of nitrogens with one attached hydrogen (secondary N) is 2. The average Bonchev–Trinajstić information content (AvgIpc) is 3.67. The fraction of sp³-hybridized carbons (Fsp3) is 0.357. The summed E-state index contributed by atoms with van der Waals surface area (Å²) in [7, 11) is 0. The van der Waals surface area contributed by atoms with E-state index >= 15 is 0 Å². The monoisotopic (exact) mass is 502 g/mol. The molecule has 2 fully saturated rings. The van der Waals surface area contributed by atoms with E-state index in [4.69, 9.17) is 0 Å². The Morgan fingerprint density at radius 1 is 0.944 bits per heavy atom. The first kappa shape index (κ1) is 24.2. The van der Waals surface area contributed by atoms with Gasteiger partial charge >= 0.3 is 0 Å². The molecular formula is C28H30N4O3S. The molecule has 1 aromatic heterocycles. The first-order valence-corrected chi connectivity index (χ1v) is 13.5. The lowest BCUT2D eigenvalue weighted by atomic mass is 10.1. The van der Waals surface area contributed by atoms with Gasteiger partial charge in [0.1, 0.15) is 6.04 Å². The maximum atomic E-state index is 13.0. The van der Waals surface area contributed by atoms with Crippen LogP contribution in [0.15, 0.2) is 60.0 Å². The largest absolute Gasteiger partial charge is 0.349 e.